The van der Waals surface area contributed by atoms with E-state index in [1.165, 1.54) is 26.4 Å². The first kappa shape index (κ1) is 19.3. The van der Waals surface area contributed by atoms with E-state index in [1.807, 2.05) is 18.2 Å². The molecule has 0 aliphatic heterocycles. The normalized spacial score (nSPS) is 16.7. The molecule has 0 radical (unpaired) electrons. The van der Waals surface area contributed by atoms with Gasteiger partial charge in [0.25, 0.3) is 9.05 Å². The molecule has 1 aliphatic rings. The van der Waals surface area contributed by atoms with Gasteiger partial charge in [0.2, 0.25) is 0 Å². The minimum atomic E-state index is -4.01. The Labute approximate surface area is 162 Å². The van der Waals surface area contributed by atoms with Crippen molar-refractivity contribution in [3.05, 3.63) is 54.8 Å². The summed E-state index contributed by atoms with van der Waals surface area (Å²) in [5, 5.41) is 4.40. The number of ether oxygens (including phenoxy) is 2. The zero-order valence-corrected chi connectivity index (χ0v) is 16.7. The zero-order valence-electron chi connectivity index (χ0n) is 15.1. The van der Waals surface area contributed by atoms with Gasteiger partial charge in [-0.15, -0.1) is 0 Å². The number of benzene rings is 1. The van der Waals surface area contributed by atoms with Crippen molar-refractivity contribution in [2.45, 2.75) is 11.8 Å². The fourth-order valence-corrected chi connectivity index (χ4v) is 3.89. The summed E-state index contributed by atoms with van der Waals surface area (Å²) < 4.78 is 36.4. The van der Waals surface area contributed by atoms with Crippen LogP contribution in [0.1, 0.15) is 6.92 Å². The molecule has 0 saturated carbocycles. The molecule has 1 heterocycles. The van der Waals surface area contributed by atoms with Crippen LogP contribution in [-0.2, 0) is 9.05 Å². The van der Waals surface area contributed by atoms with Crippen LogP contribution in [0.5, 0.6) is 11.5 Å². The SMILES string of the molecule is COc1cc(OC)c(S(=O)(=O)Cl)cc1-c1ccnn1C1=CC(C)C=CC=C1. The molecule has 2 aromatic rings. The average Bonchev–Trinajstić information content (AvgIpc) is 3.01. The molecule has 1 aliphatic carbocycles. The molecule has 1 unspecified atom stereocenters. The maximum atomic E-state index is 12.0. The molecule has 8 heteroatoms. The molecule has 3 rings (SSSR count). The van der Waals surface area contributed by atoms with E-state index in [-0.39, 0.29) is 16.6 Å². The number of allylic oxidation sites excluding steroid dienone is 6. The predicted octanol–water partition coefficient (Wildman–Crippen LogP) is 4.10. The van der Waals surface area contributed by atoms with Crippen LogP contribution in [0.2, 0.25) is 0 Å². The summed E-state index contributed by atoms with van der Waals surface area (Å²) in [6.45, 7) is 2.07. The maximum Gasteiger partial charge on any atom is 0.265 e. The highest BCUT2D eigenvalue weighted by molar-refractivity contribution is 8.13. The van der Waals surface area contributed by atoms with Gasteiger partial charge >= 0.3 is 0 Å². The summed E-state index contributed by atoms with van der Waals surface area (Å²) in [7, 11) is 4.47. The molecule has 6 nitrogen and oxygen atoms in total. The Bertz CT molecular complexity index is 1050. The molecule has 1 atom stereocenters. The lowest BCUT2D eigenvalue weighted by Gasteiger charge is -2.15. The van der Waals surface area contributed by atoms with Crippen LogP contribution >= 0.6 is 10.7 Å². The van der Waals surface area contributed by atoms with E-state index in [9.17, 15) is 8.42 Å². The molecular formula is C19H19ClN2O4S. The molecule has 27 heavy (non-hydrogen) atoms. The first-order valence-electron chi connectivity index (χ1n) is 8.17. The number of rotatable bonds is 5. The largest absolute Gasteiger partial charge is 0.496 e. The average molecular weight is 407 g/mol. The van der Waals surface area contributed by atoms with Crippen molar-refractivity contribution in [1.29, 1.82) is 0 Å². The summed E-state index contributed by atoms with van der Waals surface area (Å²) in [6, 6.07) is 4.73. The van der Waals surface area contributed by atoms with Crippen molar-refractivity contribution < 1.29 is 17.9 Å². The van der Waals surface area contributed by atoms with Crippen LogP contribution in [0, 0.1) is 5.92 Å². The van der Waals surface area contributed by atoms with E-state index in [2.05, 4.69) is 24.2 Å². The molecule has 0 amide bonds. The third-order valence-corrected chi connectivity index (χ3v) is 5.48. The molecule has 1 aromatic heterocycles. The summed E-state index contributed by atoms with van der Waals surface area (Å²) in [5.41, 5.74) is 2.07. The number of halogens is 1. The van der Waals surface area contributed by atoms with Gasteiger partial charge in [-0.1, -0.05) is 31.2 Å². The second-order valence-electron chi connectivity index (χ2n) is 5.96. The van der Waals surface area contributed by atoms with E-state index < -0.39 is 9.05 Å². The van der Waals surface area contributed by atoms with Crippen LogP contribution in [0.3, 0.4) is 0 Å². The van der Waals surface area contributed by atoms with Crippen LogP contribution < -0.4 is 9.47 Å². The second kappa shape index (κ2) is 7.62. The van der Waals surface area contributed by atoms with Gasteiger partial charge in [-0.3, -0.25) is 0 Å². The first-order chi connectivity index (χ1) is 12.8. The van der Waals surface area contributed by atoms with E-state index >= 15 is 0 Å². The Morgan fingerprint density at radius 3 is 2.56 bits per heavy atom. The van der Waals surface area contributed by atoms with Crippen molar-refractivity contribution in [2.75, 3.05) is 14.2 Å². The minimum Gasteiger partial charge on any atom is -0.496 e. The minimum absolute atomic E-state index is 0.114. The third-order valence-electron chi connectivity index (χ3n) is 4.14. The highest BCUT2D eigenvalue weighted by Gasteiger charge is 2.23. The van der Waals surface area contributed by atoms with Gasteiger partial charge in [0, 0.05) is 22.3 Å². The van der Waals surface area contributed by atoms with E-state index in [0.29, 0.717) is 17.0 Å². The number of aromatic nitrogens is 2. The Morgan fingerprint density at radius 2 is 1.89 bits per heavy atom. The fraction of sp³-hybridized carbons (Fsp3) is 0.211. The smallest absolute Gasteiger partial charge is 0.265 e. The highest BCUT2D eigenvalue weighted by Crippen LogP contribution is 2.39. The molecule has 0 fully saturated rings. The Balaban J connectivity index is 2.23. The molecule has 0 spiro atoms. The molecule has 0 bridgehead atoms. The van der Waals surface area contributed by atoms with Crippen LogP contribution in [0.15, 0.2) is 59.7 Å². The molecule has 0 saturated heterocycles. The third kappa shape index (κ3) is 3.94. The molecule has 142 valence electrons. The topological polar surface area (TPSA) is 70.4 Å². The van der Waals surface area contributed by atoms with Gasteiger partial charge in [-0.25, -0.2) is 13.1 Å². The number of hydrogen-bond donors (Lipinski definition) is 0. The van der Waals surface area contributed by atoms with Crippen molar-refractivity contribution >= 4 is 25.4 Å². The second-order valence-corrected chi connectivity index (χ2v) is 8.50. The van der Waals surface area contributed by atoms with Crippen molar-refractivity contribution in [1.82, 2.24) is 9.78 Å². The Hall–Kier alpha value is -2.51. The lowest BCUT2D eigenvalue weighted by atomic mass is 10.1. The van der Waals surface area contributed by atoms with Gasteiger partial charge in [0.05, 0.1) is 31.8 Å². The quantitative estimate of drug-likeness (QED) is 0.699. The van der Waals surface area contributed by atoms with E-state index in [1.54, 1.807) is 16.9 Å². The molecule has 0 N–H and O–H groups in total. The van der Waals surface area contributed by atoms with E-state index in [4.69, 9.17) is 20.2 Å². The van der Waals surface area contributed by atoms with Crippen molar-refractivity contribution in [3.8, 4) is 22.8 Å². The maximum absolute atomic E-state index is 12.0. The monoisotopic (exact) mass is 406 g/mol. The summed E-state index contributed by atoms with van der Waals surface area (Å²) in [4.78, 5) is -0.129. The molecule has 1 aromatic carbocycles. The summed E-state index contributed by atoms with van der Waals surface area (Å²) in [6.07, 6.45) is 11.6. The van der Waals surface area contributed by atoms with E-state index in [0.717, 1.165) is 5.70 Å². The number of nitrogens with zero attached hydrogens (tertiary/aromatic N) is 2. The lowest BCUT2D eigenvalue weighted by Crippen LogP contribution is -2.04. The zero-order chi connectivity index (χ0) is 19.6. The highest BCUT2D eigenvalue weighted by atomic mass is 35.7. The van der Waals surface area contributed by atoms with Crippen LogP contribution in [0.4, 0.5) is 0 Å². The number of methoxy groups -OCH3 is 2. The lowest BCUT2D eigenvalue weighted by molar-refractivity contribution is 0.387. The van der Waals surface area contributed by atoms with Gasteiger partial charge in [-0.2, -0.15) is 5.10 Å². The van der Waals surface area contributed by atoms with Gasteiger partial charge in [-0.05, 0) is 24.1 Å². The van der Waals surface area contributed by atoms with Crippen LogP contribution in [-0.4, -0.2) is 32.4 Å². The Kier molecular flexibility index (Phi) is 5.43. The molecular weight excluding hydrogens is 388 g/mol. The Morgan fingerprint density at radius 1 is 1.15 bits per heavy atom. The first-order valence-corrected chi connectivity index (χ1v) is 10.5. The number of hydrogen-bond acceptors (Lipinski definition) is 5. The standard InChI is InChI=1S/C19H19ClN2O4S/c1-13-6-4-5-7-14(10-13)22-16(8-9-21-22)15-11-19(27(20,23)24)18(26-3)12-17(15)25-2/h4-13H,1-3H3. The predicted molar refractivity (Wildman–Crippen MR) is 106 cm³/mol. The summed E-state index contributed by atoms with van der Waals surface area (Å²) in [5.74, 6) is 0.786. The summed E-state index contributed by atoms with van der Waals surface area (Å²) >= 11 is 0. The van der Waals surface area contributed by atoms with Crippen LogP contribution in [0.25, 0.3) is 17.0 Å². The fourth-order valence-electron chi connectivity index (χ4n) is 2.89. The van der Waals surface area contributed by atoms with Gasteiger partial charge < -0.3 is 9.47 Å². The van der Waals surface area contributed by atoms with Crippen molar-refractivity contribution in [3.63, 3.8) is 0 Å². The van der Waals surface area contributed by atoms with Gasteiger partial charge in [0.15, 0.2) is 0 Å². The van der Waals surface area contributed by atoms with Crippen molar-refractivity contribution in [2.24, 2.45) is 5.92 Å². The van der Waals surface area contributed by atoms with Gasteiger partial charge in [0.1, 0.15) is 16.4 Å².